The minimum absolute atomic E-state index is 0.282. The Morgan fingerprint density at radius 1 is 1.32 bits per heavy atom. The van der Waals surface area contributed by atoms with Crippen molar-refractivity contribution in [2.24, 2.45) is 0 Å². The molecule has 2 aliphatic heterocycles. The van der Waals surface area contributed by atoms with Crippen LogP contribution in [0.3, 0.4) is 0 Å². The lowest BCUT2D eigenvalue weighted by Crippen LogP contribution is -2.52. The lowest BCUT2D eigenvalue weighted by molar-refractivity contribution is -0.148. The molecule has 0 bridgehead atoms. The van der Waals surface area contributed by atoms with Crippen LogP contribution in [0.2, 0.25) is 0 Å². The third-order valence-electron chi connectivity index (χ3n) is 4.45. The molecule has 0 spiro atoms. The maximum absolute atomic E-state index is 12.1. The molecule has 0 aromatic carbocycles. The van der Waals surface area contributed by atoms with Crippen molar-refractivity contribution in [3.63, 3.8) is 0 Å². The van der Waals surface area contributed by atoms with Crippen LogP contribution in [0.15, 0.2) is 0 Å². The molecule has 140 valence electrons. The van der Waals surface area contributed by atoms with Gasteiger partial charge in [-0.05, 0) is 26.2 Å². The highest BCUT2D eigenvalue weighted by Crippen LogP contribution is 2.17. The summed E-state index contributed by atoms with van der Waals surface area (Å²) >= 11 is 0. The molecule has 0 aliphatic carbocycles. The molecule has 0 radical (unpaired) electrons. The number of nitrogens with one attached hydrogen (secondary N) is 3. The van der Waals surface area contributed by atoms with Gasteiger partial charge in [-0.2, -0.15) is 0 Å². The Morgan fingerprint density at radius 2 is 2.04 bits per heavy atom. The summed E-state index contributed by atoms with van der Waals surface area (Å²) in [5.74, 6) is -2.44. The maximum atomic E-state index is 12.1. The first-order valence-electron chi connectivity index (χ1n) is 8.31. The van der Waals surface area contributed by atoms with E-state index in [1.54, 1.807) is 0 Å². The van der Waals surface area contributed by atoms with Gasteiger partial charge < -0.3 is 31.1 Å². The Balaban J connectivity index is 1.76. The highest BCUT2D eigenvalue weighted by molar-refractivity contribution is 5.92. The number of aliphatic hydroxyl groups is 1. The van der Waals surface area contributed by atoms with Crippen molar-refractivity contribution in [1.82, 2.24) is 20.9 Å². The lowest BCUT2D eigenvalue weighted by Gasteiger charge is -2.22. The molecule has 2 heterocycles. The number of carboxylic acid groups (broad SMARTS) is 1. The van der Waals surface area contributed by atoms with Crippen LogP contribution in [0.1, 0.15) is 26.2 Å². The van der Waals surface area contributed by atoms with Gasteiger partial charge in [0.25, 0.3) is 0 Å². The molecule has 0 aromatic rings. The number of aliphatic hydroxyl groups excluding tert-OH is 1. The lowest BCUT2D eigenvalue weighted by atomic mass is 10.2. The van der Waals surface area contributed by atoms with Crippen molar-refractivity contribution in [3.8, 4) is 0 Å². The SMILES string of the molecule is C[C@H](NC(=O)[C@@H]1C[C@@H](O)CN1)C(=O)NCC(=O)N1CCC[C@H]1C(=O)O. The summed E-state index contributed by atoms with van der Waals surface area (Å²) in [7, 11) is 0. The standard InChI is InChI=1S/C15H24N4O6/c1-8(18-14(23)10-5-9(20)6-16-10)13(22)17-7-12(21)19-4-2-3-11(19)15(24)25/h8-11,16,20H,2-7H2,1H3,(H,17,22)(H,18,23)(H,24,25)/t8-,9+,10-,11-/m0/s1. The minimum Gasteiger partial charge on any atom is -0.480 e. The molecule has 25 heavy (non-hydrogen) atoms. The highest BCUT2D eigenvalue weighted by Gasteiger charge is 2.34. The molecule has 2 fully saturated rings. The van der Waals surface area contributed by atoms with Crippen molar-refractivity contribution >= 4 is 23.7 Å². The summed E-state index contributed by atoms with van der Waals surface area (Å²) in [6.07, 6.45) is 0.718. The van der Waals surface area contributed by atoms with E-state index in [9.17, 15) is 24.3 Å². The molecule has 10 nitrogen and oxygen atoms in total. The molecule has 0 unspecified atom stereocenters. The number of nitrogens with zero attached hydrogens (tertiary/aromatic N) is 1. The number of carbonyl (C=O) groups excluding carboxylic acids is 3. The van der Waals surface area contributed by atoms with Gasteiger partial charge in [-0.15, -0.1) is 0 Å². The van der Waals surface area contributed by atoms with Gasteiger partial charge in [-0.3, -0.25) is 14.4 Å². The van der Waals surface area contributed by atoms with Crippen LogP contribution in [0.5, 0.6) is 0 Å². The average Bonchev–Trinajstić information content (AvgIpc) is 3.20. The van der Waals surface area contributed by atoms with Crippen LogP contribution in [-0.2, 0) is 19.2 Å². The number of likely N-dealkylation sites (tertiary alicyclic amines) is 1. The first-order valence-corrected chi connectivity index (χ1v) is 8.31. The van der Waals surface area contributed by atoms with Gasteiger partial charge in [0.15, 0.2) is 0 Å². The number of hydrogen-bond acceptors (Lipinski definition) is 6. The van der Waals surface area contributed by atoms with Crippen LogP contribution < -0.4 is 16.0 Å². The van der Waals surface area contributed by atoms with E-state index in [2.05, 4.69) is 16.0 Å². The number of carbonyl (C=O) groups is 4. The fourth-order valence-corrected chi connectivity index (χ4v) is 3.04. The summed E-state index contributed by atoms with van der Waals surface area (Å²) in [5.41, 5.74) is 0. The summed E-state index contributed by atoms with van der Waals surface area (Å²) < 4.78 is 0. The Hall–Kier alpha value is -2.20. The van der Waals surface area contributed by atoms with Gasteiger partial charge in [-0.25, -0.2) is 4.79 Å². The molecular weight excluding hydrogens is 332 g/mol. The van der Waals surface area contributed by atoms with Gasteiger partial charge in [0.05, 0.1) is 18.7 Å². The second-order valence-electron chi connectivity index (χ2n) is 6.38. The van der Waals surface area contributed by atoms with E-state index in [0.717, 1.165) is 0 Å². The monoisotopic (exact) mass is 356 g/mol. The number of aliphatic carboxylic acids is 1. The smallest absolute Gasteiger partial charge is 0.326 e. The quantitative estimate of drug-likeness (QED) is 0.351. The molecule has 0 aromatic heterocycles. The molecule has 3 amide bonds. The van der Waals surface area contributed by atoms with E-state index in [1.807, 2.05) is 0 Å². The van der Waals surface area contributed by atoms with Crippen LogP contribution in [0.25, 0.3) is 0 Å². The van der Waals surface area contributed by atoms with Crippen molar-refractivity contribution in [2.75, 3.05) is 19.6 Å². The fourth-order valence-electron chi connectivity index (χ4n) is 3.04. The van der Waals surface area contributed by atoms with Gasteiger partial charge in [0.2, 0.25) is 17.7 Å². The Morgan fingerprint density at radius 3 is 2.64 bits per heavy atom. The second kappa shape index (κ2) is 8.26. The van der Waals surface area contributed by atoms with Crippen LogP contribution in [0.4, 0.5) is 0 Å². The van der Waals surface area contributed by atoms with E-state index in [-0.39, 0.29) is 13.0 Å². The Bertz CT molecular complexity index is 554. The van der Waals surface area contributed by atoms with Gasteiger partial charge in [0, 0.05) is 13.1 Å². The zero-order valence-corrected chi connectivity index (χ0v) is 14.0. The predicted molar refractivity (Wildman–Crippen MR) is 85.4 cm³/mol. The fraction of sp³-hybridized carbons (Fsp3) is 0.733. The number of carboxylic acids is 1. The third-order valence-corrected chi connectivity index (χ3v) is 4.45. The molecule has 2 saturated heterocycles. The van der Waals surface area contributed by atoms with Crippen LogP contribution in [-0.4, -0.2) is 82.7 Å². The van der Waals surface area contributed by atoms with Crippen molar-refractivity contribution < 1.29 is 29.4 Å². The number of β-amino-alcohol motifs (C(OH)–C–C–N with tert-alkyl or cyclic N) is 1. The number of rotatable bonds is 6. The molecule has 2 rings (SSSR count). The first-order chi connectivity index (χ1) is 11.8. The van der Waals surface area contributed by atoms with Gasteiger partial charge >= 0.3 is 5.97 Å². The maximum Gasteiger partial charge on any atom is 0.326 e. The number of amides is 3. The second-order valence-corrected chi connectivity index (χ2v) is 6.38. The zero-order valence-electron chi connectivity index (χ0n) is 14.0. The van der Waals surface area contributed by atoms with Crippen molar-refractivity contribution in [2.45, 2.75) is 50.4 Å². The third kappa shape index (κ3) is 4.89. The molecule has 10 heteroatoms. The Labute approximate surface area is 144 Å². The largest absolute Gasteiger partial charge is 0.480 e. The Kier molecular flexibility index (Phi) is 6.32. The van der Waals surface area contributed by atoms with Crippen molar-refractivity contribution in [1.29, 1.82) is 0 Å². The summed E-state index contributed by atoms with van der Waals surface area (Å²) in [6.45, 7) is 1.85. The predicted octanol–water partition coefficient (Wildman–Crippen LogP) is -2.59. The number of hydrogen-bond donors (Lipinski definition) is 5. The van der Waals surface area contributed by atoms with E-state index < -0.39 is 47.9 Å². The minimum atomic E-state index is -1.05. The average molecular weight is 356 g/mol. The molecule has 4 atom stereocenters. The van der Waals surface area contributed by atoms with E-state index in [4.69, 9.17) is 5.11 Å². The molecule has 5 N–H and O–H groups in total. The van der Waals surface area contributed by atoms with E-state index >= 15 is 0 Å². The summed E-state index contributed by atoms with van der Waals surface area (Å²) in [5, 5.41) is 26.2. The summed E-state index contributed by atoms with van der Waals surface area (Å²) in [6, 6.07) is -2.25. The highest BCUT2D eigenvalue weighted by atomic mass is 16.4. The topological polar surface area (TPSA) is 148 Å². The zero-order chi connectivity index (χ0) is 18.6. The molecular formula is C15H24N4O6. The molecule has 2 aliphatic rings. The van der Waals surface area contributed by atoms with Gasteiger partial charge in [0.1, 0.15) is 12.1 Å². The normalized spacial score (nSPS) is 27.0. The molecule has 0 saturated carbocycles. The summed E-state index contributed by atoms with van der Waals surface area (Å²) in [4.78, 5) is 48.4. The van der Waals surface area contributed by atoms with Crippen LogP contribution in [0, 0.1) is 0 Å². The van der Waals surface area contributed by atoms with Gasteiger partial charge in [-0.1, -0.05) is 0 Å². The van der Waals surface area contributed by atoms with Crippen molar-refractivity contribution in [3.05, 3.63) is 0 Å². The van der Waals surface area contributed by atoms with E-state index in [1.165, 1.54) is 11.8 Å². The van der Waals surface area contributed by atoms with Crippen LogP contribution >= 0.6 is 0 Å². The van der Waals surface area contributed by atoms with E-state index in [0.29, 0.717) is 25.9 Å². The first kappa shape index (κ1) is 19.1.